The highest BCUT2D eigenvalue weighted by molar-refractivity contribution is 7.99. The molecule has 1 amide bonds. The molecule has 1 atom stereocenters. The minimum absolute atomic E-state index is 0.0315. The first kappa shape index (κ1) is 24.2. The lowest BCUT2D eigenvalue weighted by Crippen LogP contribution is -2.31. The van der Waals surface area contributed by atoms with Gasteiger partial charge in [0.1, 0.15) is 11.2 Å². The predicted molar refractivity (Wildman–Crippen MR) is 132 cm³/mol. The Kier molecular flexibility index (Phi) is 6.36. The van der Waals surface area contributed by atoms with E-state index in [1.807, 2.05) is 0 Å². The van der Waals surface area contributed by atoms with E-state index in [-0.39, 0.29) is 34.6 Å². The molecule has 1 aliphatic rings. The van der Waals surface area contributed by atoms with E-state index in [1.165, 1.54) is 51.5 Å². The third-order valence-corrected chi connectivity index (χ3v) is 7.88. The average molecular weight is 529 g/mol. The van der Waals surface area contributed by atoms with Crippen molar-refractivity contribution in [3.8, 4) is 5.69 Å². The summed E-state index contributed by atoms with van der Waals surface area (Å²) in [5.41, 5.74) is 1.54. The largest absolute Gasteiger partial charge is 0.356 e. The number of benzene rings is 2. The molecule has 2 aromatic carbocycles. The van der Waals surface area contributed by atoms with Crippen molar-refractivity contribution in [2.45, 2.75) is 28.9 Å². The zero-order valence-electron chi connectivity index (χ0n) is 18.8. The van der Waals surface area contributed by atoms with Crippen molar-refractivity contribution in [1.29, 1.82) is 0 Å². The maximum absolute atomic E-state index is 13.3. The van der Waals surface area contributed by atoms with Crippen LogP contribution in [-0.2, 0) is 21.2 Å². The molecule has 0 radical (unpaired) electrons. The molecule has 0 bridgehead atoms. The maximum Gasteiger partial charge on any atom is 0.265 e. The van der Waals surface area contributed by atoms with E-state index in [0.717, 1.165) is 5.56 Å². The van der Waals surface area contributed by atoms with Crippen LogP contribution in [0.4, 0.5) is 4.39 Å². The molecule has 0 spiro atoms. The fourth-order valence-corrected chi connectivity index (χ4v) is 5.68. The highest BCUT2D eigenvalue weighted by Crippen LogP contribution is 2.33. The Morgan fingerprint density at radius 3 is 2.58 bits per heavy atom. The number of hydrogen-bond acceptors (Lipinski definition) is 7. The maximum atomic E-state index is 13.3. The fraction of sp³-hybridized carbons (Fsp3) is 0.217. The molecular formula is C23H21FN6O4S2. The van der Waals surface area contributed by atoms with Gasteiger partial charge in [-0.25, -0.2) is 27.6 Å². The fourth-order valence-electron chi connectivity index (χ4n) is 4.03. The first-order chi connectivity index (χ1) is 17.2. The van der Waals surface area contributed by atoms with Crippen molar-refractivity contribution in [3.05, 3.63) is 76.5 Å². The van der Waals surface area contributed by atoms with Gasteiger partial charge in [-0.05, 0) is 48.4 Å². The lowest BCUT2D eigenvalue weighted by Gasteiger charge is -2.13. The molecule has 186 valence electrons. The lowest BCUT2D eigenvalue weighted by molar-refractivity contribution is -0.121. The number of nitrogens with two attached hydrogens (primary N) is 1. The van der Waals surface area contributed by atoms with Crippen LogP contribution in [0, 0.1) is 5.82 Å². The van der Waals surface area contributed by atoms with Crippen LogP contribution in [0.1, 0.15) is 18.0 Å². The van der Waals surface area contributed by atoms with E-state index < -0.39 is 10.0 Å². The van der Waals surface area contributed by atoms with Gasteiger partial charge in [0.25, 0.3) is 5.56 Å². The van der Waals surface area contributed by atoms with Gasteiger partial charge in [-0.3, -0.25) is 14.2 Å². The molecule has 5 rings (SSSR count). The van der Waals surface area contributed by atoms with Gasteiger partial charge < -0.3 is 5.32 Å². The van der Waals surface area contributed by atoms with Gasteiger partial charge in [0.2, 0.25) is 15.9 Å². The van der Waals surface area contributed by atoms with Crippen LogP contribution in [0.3, 0.4) is 0 Å². The van der Waals surface area contributed by atoms with Gasteiger partial charge in [-0.15, -0.1) is 0 Å². The lowest BCUT2D eigenvalue weighted by atomic mass is 10.1. The molecule has 0 aliphatic carbocycles. The standard InChI is InChI=1S/C23H21FN6O4S2/c24-15-3-5-16(6-4-15)30-21-19(12-27-30)22(32)29-17(13-35-23(29)28-21)11-20(31)26-10-9-14-1-7-18(8-2-14)36(25,33)34/h1-8,12,17H,9-11,13H2,(H,26,31)(H2,25,33,34). The molecular weight excluding hydrogens is 507 g/mol. The molecule has 2 aromatic heterocycles. The number of rotatable bonds is 7. The molecule has 3 heterocycles. The summed E-state index contributed by atoms with van der Waals surface area (Å²) >= 11 is 1.39. The van der Waals surface area contributed by atoms with Crippen LogP contribution in [-0.4, -0.2) is 46.0 Å². The Morgan fingerprint density at radius 1 is 1.17 bits per heavy atom. The predicted octanol–water partition coefficient (Wildman–Crippen LogP) is 1.76. The normalized spacial score (nSPS) is 15.2. The van der Waals surface area contributed by atoms with Gasteiger partial charge in [0, 0.05) is 18.7 Å². The molecule has 0 fully saturated rings. The third-order valence-electron chi connectivity index (χ3n) is 5.85. The van der Waals surface area contributed by atoms with Crippen molar-refractivity contribution in [1.82, 2.24) is 24.6 Å². The molecule has 4 aromatic rings. The summed E-state index contributed by atoms with van der Waals surface area (Å²) in [5, 5.41) is 13.0. The summed E-state index contributed by atoms with van der Waals surface area (Å²) in [6.45, 7) is 0.358. The SMILES string of the molecule is NS(=O)(=O)c1ccc(CCNC(=O)CC2CSc3nc4c(cnn4-c4ccc(F)cc4)c(=O)n32)cc1. The van der Waals surface area contributed by atoms with Crippen molar-refractivity contribution in [3.63, 3.8) is 0 Å². The average Bonchev–Trinajstić information content (AvgIpc) is 3.44. The summed E-state index contributed by atoms with van der Waals surface area (Å²) in [7, 11) is -3.75. The molecule has 0 saturated carbocycles. The second-order valence-electron chi connectivity index (χ2n) is 8.30. The molecule has 3 N–H and O–H groups in total. The molecule has 10 nitrogen and oxygen atoms in total. The second-order valence-corrected chi connectivity index (χ2v) is 10.8. The smallest absolute Gasteiger partial charge is 0.265 e. The van der Waals surface area contributed by atoms with Gasteiger partial charge in [-0.1, -0.05) is 23.9 Å². The number of nitrogens with zero attached hydrogens (tertiary/aromatic N) is 4. The number of nitrogens with one attached hydrogen (secondary N) is 1. The van der Waals surface area contributed by atoms with Gasteiger partial charge in [0.15, 0.2) is 10.8 Å². The number of halogens is 1. The number of hydrogen-bond donors (Lipinski definition) is 2. The Hall–Kier alpha value is -3.55. The van der Waals surface area contributed by atoms with E-state index in [1.54, 1.807) is 24.3 Å². The Labute approximate surface area is 209 Å². The van der Waals surface area contributed by atoms with E-state index in [4.69, 9.17) is 5.14 Å². The van der Waals surface area contributed by atoms with Crippen LogP contribution in [0.5, 0.6) is 0 Å². The summed E-state index contributed by atoms with van der Waals surface area (Å²) < 4.78 is 39.0. The topological polar surface area (TPSA) is 142 Å². The Bertz CT molecular complexity index is 1620. The molecule has 36 heavy (non-hydrogen) atoms. The van der Waals surface area contributed by atoms with Crippen molar-refractivity contribution in [2.75, 3.05) is 12.3 Å². The summed E-state index contributed by atoms with van der Waals surface area (Å²) in [4.78, 5) is 30.4. The van der Waals surface area contributed by atoms with Crippen LogP contribution >= 0.6 is 11.8 Å². The number of aromatic nitrogens is 4. The van der Waals surface area contributed by atoms with E-state index >= 15 is 0 Å². The molecule has 13 heteroatoms. The third kappa shape index (κ3) is 4.76. The van der Waals surface area contributed by atoms with Gasteiger partial charge in [-0.2, -0.15) is 5.10 Å². The quantitative estimate of drug-likeness (QED) is 0.348. The number of carbonyl (C=O) groups is 1. The van der Waals surface area contributed by atoms with Crippen molar-refractivity contribution in [2.24, 2.45) is 5.14 Å². The molecule has 1 unspecified atom stereocenters. The van der Waals surface area contributed by atoms with Crippen LogP contribution < -0.4 is 16.0 Å². The second kappa shape index (κ2) is 9.48. The number of fused-ring (bicyclic) bond motifs is 2. The first-order valence-corrected chi connectivity index (χ1v) is 13.5. The Morgan fingerprint density at radius 2 is 1.89 bits per heavy atom. The highest BCUT2D eigenvalue weighted by Gasteiger charge is 2.29. The highest BCUT2D eigenvalue weighted by atomic mass is 32.2. The van der Waals surface area contributed by atoms with E-state index in [0.29, 0.717) is 40.6 Å². The summed E-state index contributed by atoms with van der Waals surface area (Å²) in [5.74, 6) is -0.0502. The van der Waals surface area contributed by atoms with Crippen LogP contribution in [0.2, 0.25) is 0 Å². The van der Waals surface area contributed by atoms with Crippen molar-refractivity contribution < 1.29 is 17.6 Å². The summed E-state index contributed by atoms with van der Waals surface area (Å²) in [6, 6.07) is 11.5. The summed E-state index contributed by atoms with van der Waals surface area (Å²) in [6.07, 6.45) is 2.06. The first-order valence-electron chi connectivity index (χ1n) is 11.0. The van der Waals surface area contributed by atoms with Crippen LogP contribution in [0.25, 0.3) is 16.7 Å². The van der Waals surface area contributed by atoms with E-state index in [9.17, 15) is 22.4 Å². The molecule has 1 aliphatic heterocycles. The zero-order chi connectivity index (χ0) is 25.4. The van der Waals surface area contributed by atoms with E-state index in [2.05, 4.69) is 15.4 Å². The number of amides is 1. The minimum atomic E-state index is -3.75. The molecule has 0 saturated heterocycles. The zero-order valence-corrected chi connectivity index (χ0v) is 20.4. The number of thioether (sulfide) groups is 1. The van der Waals surface area contributed by atoms with Crippen LogP contribution in [0.15, 0.2) is 69.6 Å². The number of primary sulfonamides is 1. The number of carbonyl (C=O) groups excluding carboxylic acids is 1. The van der Waals surface area contributed by atoms with Gasteiger partial charge >= 0.3 is 0 Å². The Balaban J connectivity index is 1.26. The van der Waals surface area contributed by atoms with Crippen molar-refractivity contribution >= 4 is 38.7 Å². The minimum Gasteiger partial charge on any atom is -0.356 e. The number of sulfonamides is 1. The van der Waals surface area contributed by atoms with Gasteiger partial charge in [0.05, 0.1) is 22.8 Å². The monoisotopic (exact) mass is 528 g/mol.